The van der Waals surface area contributed by atoms with Crippen molar-refractivity contribution in [2.24, 2.45) is 5.10 Å². The van der Waals surface area contributed by atoms with Crippen molar-refractivity contribution < 1.29 is 19.0 Å². The molecule has 0 aromatic heterocycles. The van der Waals surface area contributed by atoms with Crippen LogP contribution in [-0.4, -0.2) is 32.4 Å². The lowest BCUT2D eigenvalue weighted by Crippen LogP contribution is -2.26. The average molecular weight is 384 g/mol. The Morgan fingerprint density at radius 1 is 1.07 bits per heavy atom. The van der Waals surface area contributed by atoms with Crippen molar-refractivity contribution in [1.82, 2.24) is 5.43 Å². The number of hydrazone groups is 1. The maximum atomic E-state index is 12.4. The molecule has 150 valence electrons. The van der Waals surface area contributed by atoms with E-state index in [1.165, 1.54) is 7.11 Å². The van der Waals surface area contributed by atoms with Crippen LogP contribution < -0.4 is 14.9 Å². The number of methoxy groups -OCH3 is 1. The number of nitrogens with one attached hydrogen (secondary N) is 1. The number of rotatable bonds is 11. The van der Waals surface area contributed by atoms with Crippen LogP contribution in [0.1, 0.15) is 43.9 Å². The Hall–Kier alpha value is -2.86. The van der Waals surface area contributed by atoms with Gasteiger partial charge in [0.25, 0.3) is 5.91 Å². The first-order valence-electron chi connectivity index (χ1n) is 9.49. The van der Waals surface area contributed by atoms with Gasteiger partial charge in [0.05, 0.1) is 19.4 Å². The number of ether oxygens (including phenoxy) is 3. The molecule has 6 nitrogen and oxygen atoms in total. The van der Waals surface area contributed by atoms with E-state index < -0.39 is 6.10 Å². The first-order valence-corrected chi connectivity index (χ1v) is 9.49. The van der Waals surface area contributed by atoms with Crippen LogP contribution >= 0.6 is 0 Å². The van der Waals surface area contributed by atoms with Gasteiger partial charge in [0.2, 0.25) is 0 Å². The molecule has 1 N–H and O–H groups in total. The second-order valence-corrected chi connectivity index (χ2v) is 6.16. The van der Waals surface area contributed by atoms with Crippen molar-refractivity contribution in [1.29, 1.82) is 0 Å². The molecule has 0 spiro atoms. The minimum absolute atomic E-state index is 0.344. The van der Waals surface area contributed by atoms with Gasteiger partial charge in [-0.3, -0.25) is 4.79 Å². The van der Waals surface area contributed by atoms with E-state index in [4.69, 9.17) is 14.2 Å². The number of amides is 1. The summed E-state index contributed by atoms with van der Waals surface area (Å²) in [7, 11) is 1.49. The summed E-state index contributed by atoms with van der Waals surface area (Å²) in [6.45, 7) is 5.33. The third kappa shape index (κ3) is 6.39. The summed E-state index contributed by atoms with van der Waals surface area (Å²) in [5.74, 6) is 1.07. The summed E-state index contributed by atoms with van der Waals surface area (Å²) in [6.07, 6.45) is 2.66. The monoisotopic (exact) mass is 384 g/mol. The van der Waals surface area contributed by atoms with Gasteiger partial charge in [-0.25, -0.2) is 5.43 Å². The van der Waals surface area contributed by atoms with Crippen LogP contribution in [0, 0.1) is 0 Å². The van der Waals surface area contributed by atoms with Crippen LogP contribution in [0.15, 0.2) is 53.6 Å². The third-order valence-corrected chi connectivity index (χ3v) is 3.87. The maximum absolute atomic E-state index is 12.4. The van der Waals surface area contributed by atoms with Gasteiger partial charge in [-0.2, -0.15) is 5.10 Å². The standard InChI is InChI=1S/C22H28N2O4/c1-4-13-27-19-12-11-18(20(15-19)28-14-5-2)16-23-24-22(25)21(26-3)17-9-7-6-8-10-17/h6-12,15-16,21H,4-5,13-14H2,1-3H3,(H,24,25)/b23-16+. The Morgan fingerprint density at radius 3 is 2.46 bits per heavy atom. The fourth-order valence-electron chi connectivity index (χ4n) is 2.51. The minimum atomic E-state index is -0.723. The highest BCUT2D eigenvalue weighted by molar-refractivity contribution is 5.87. The van der Waals surface area contributed by atoms with Gasteiger partial charge in [0, 0.05) is 18.7 Å². The summed E-state index contributed by atoms with van der Waals surface area (Å²) < 4.78 is 16.8. The molecule has 0 heterocycles. The number of benzene rings is 2. The summed E-state index contributed by atoms with van der Waals surface area (Å²) in [4.78, 5) is 12.4. The van der Waals surface area contributed by atoms with Crippen molar-refractivity contribution in [2.45, 2.75) is 32.8 Å². The number of carbonyl (C=O) groups is 1. The Labute approximate surface area is 166 Å². The quantitative estimate of drug-likeness (QED) is 0.468. The summed E-state index contributed by atoms with van der Waals surface area (Å²) in [6, 6.07) is 14.8. The zero-order valence-electron chi connectivity index (χ0n) is 16.7. The predicted molar refractivity (Wildman–Crippen MR) is 110 cm³/mol. The molecule has 6 heteroatoms. The first kappa shape index (κ1) is 21.4. The van der Waals surface area contributed by atoms with E-state index in [0.29, 0.717) is 19.0 Å². The van der Waals surface area contributed by atoms with Crippen LogP contribution in [0.2, 0.25) is 0 Å². The highest BCUT2D eigenvalue weighted by Gasteiger charge is 2.19. The third-order valence-electron chi connectivity index (χ3n) is 3.87. The van der Waals surface area contributed by atoms with E-state index in [1.807, 2.05) is 55.5 Å². The van der Waals surface area contributed by atoms with Gasteiger partial charge >= 0.3 is 0 Å². The molecule has 0 fully saturated rings. The Morgan fingerprint density at radius 2 is 1.79 bits per heavy atom. The molecule has 1 amide bonds. The SMILES string of the molecule is CCCOc1ccc(/C=N/NC(=O)C(OC)c2ccccc2)c(OCCC)c1. The molecule has 2 aromatic rings. The van der Waals surface area contributed by atoms with E-state index in [-0.39, 0.29) is 5.91 Å². The van der Waals surface area contributed by atoms with Gasteiger partial charge in [-0.15, -0.1) is 0 Å². The summed E-state index contributed by atoms with van der Waals surface area (Å²) in [5.41, 5.74) is 4.05. The molecule has 0 aliphatic carbocycles. The van der Waals surface area contributed by atoms with E-state index in [1.54, 1.807) is 6.21 Å². The molecular weight excluding hydrogens is 356 g/mol. The highest BCUT2D eigenvalue weighted by atomic mass is 16.5. The predicted octanol–water partition coefficient (Wildman–Crippen LogP) is 4.10. The summed E-state index contributed by atoms with van der Waals surface area (Å²) >= 11 is 0. The van der Waals surface area contributed by atoms with Gasteiger partial charge in [-0.05, 0) is 30.5 Å². The summed E-state index contributed by atoms with van der Waals surface area (Å²) in [5, 5.41) is 4.07. The van der Waals surface area contributed by atoms with Gasteiger partial charge in [-0.1, -0.05) is 44.2 Å². The fourth-order valence-corrected chi connectivity index (χ4v) is 2.51. The van der Waals surface area contributed by atoms with Crippen molar-refractivity contribution in [2.75, 3.05) is 20.3 Å². The fraction of sp³-hybridized carbons (Fsp3) is 0.364. The minimum Gasteiger partial charge on any atom is -0.493 e. The lowest BCUT2D eigenvalue weighted by Gasteiger charge is -2.14. The van der Waals surface area contributed by atoms with E-state index in [0.717, 1.165) is 29.7 Å². The molecule has 28 heavy (non-hydrogen) atoms. The van der Waals surface area contributed by atoms with E-state index >= 15 is 0 Å². The molecular formula is C22H28N2O4. The van der Waals surface area contributed by atoms with Crippen LogP contribution in [-0.2, 0) is 9.53 Å². The second-order valence-electron chi connectivity index (χ2n) is 6.16. The molecule has 1 unspecified atom stereocenters. The van der Waals surface area contributed by atoms with Crippen molar-refractivity contribution in [3.05, 3.63) is 59.7 Å². The topological polar surface area (TPSA) is 69.2 Å². The highest BCUT2D eigenvalue weighted by Crippen LogP contribution is 2.24. The van der Waals surface area contributed by atoms with Crippen molar-refractivity contribution in [3.63, 3.8) is 0 Å². The molecule has 0 radical (unpaired) electrons. The second kappa shape index (κ2) is 11.8. The Bertz CT molecular complexity index is 762. The maximum Gasteiger partial charge on any atom is 0.273 e. The lowest BCUT2D eigenvalue weighted by molar-refractivity contribution is -0.131. The molecule has 0 saturated carbocycles. The molecule has 1 atom stereocenters. The van der Waals surface area contributed by atoms with Crippen LogP contribution in [0.5, 0.6) is 11.5 Å². The Kier molecular flexibility index (Phi) is 9.01. The smallest absolute Gasteiger partial charge is 0.273 e. The zero-order chi connectivity index (χ0) is 20.2. The molecule has 0 saturated heterocycles. The Balaban J connectivity index is 2.08. The molecule has 2 rings (SSSR count). The van der Waals surface area contributed by atoms with E-state index in [2.05, 4.69) is 17.5 Å². The van der Waals surface area contributed by atoms with Gasteiger partial charge < -0.3 is 14.2 Å². The molecule has 2 aromatic carbocycles. The van der Waals surface area contributed by atoms with Gasteiger partial charge in [0.15, 0.2) is 6.10 Å². The largest absolute Gasteiger partial charge is 0.493 e. The molecule has 0 aliphatic rings. The van der Waals surface area contributed by atoms with Gasteiger partial charge in [0.1, 0.15) is 11.5 Å². The number of hydrogen-bond donors (Lipinski definition) is 1. The first-order chi connectivity index (χ1) is 13.7. The zero-order valence-corrected chi connectivity index (χ0v) is 16.7. The van der Waals surface area contributed by atoms with Crippen molar-refractivity contribution >= 4 is 12.1 Å². The van der Waals surface area contributed by atoms with E-state index in [9.17, 15) is 4.79 Å². The van der Waals surface area contributed by atoms with Crippen LogP contribution in [0.3, 0.4) is 0 Å². The molecule has 0 aliphatic heterocycles. The van der Waals surface area contributed by atoms with Crippen molar-refractivity contribution in [3.8, 4) is 11.5 Å². The number of carbonyl (C=O) groups excluding carboxylic acids is 1. The lowest BCUT2D eigenvalue weighted by atomic mass is 10.1. The van der Waals surface area contributed by atoms with Crippen LogP contribution in [0.25, 0.3) is 0 Å². The number of nitrogens with zero attached hydrogens (tertiary/aromatic N) is 1. The van der Waals surface area contributed by atoms with Crippen LogP contribution in [0.4, 0.5) is 0 Å². The average Bonchev–Trinajstić information content (AvgIpc) is 2.73. The normalized spacial score (nSPS) is 12.0. The number of hydrogen-bond acceptors (Lipinski definition) is 5. The molecule has 0 bridgehead atoms.